The number of urea groups is 2. The maximum atomic E-state index is 12.6. The fraction of sp³-hybridized carbons (Fsp3) is 0.347. The maximum Gasteiger partial charge on any atom is 0.357 e. The van der Waals surface area contributed by atoms with Crippen LogP contribution in [0.25, 0.3) is 0 Å². The molecule has 6 heterocycles. The number of hydroxylamine groups is 1. The lowest BCUT2D eigenvalue weighted by molar-refractivity contribution is 0.0359. The van der Waals surface area contributed by atoms with Crippen LogP contribution in [0.15, 0.2) is 84.9 Å². The van der Waals surface area contributed by atoms with E-state index in [-0.39, 0.29) is 48.1 Å². The Bertz CT molecular complexity index is 2590. The molecule has 3 aromatic heterocycles. The molecule has 0 atom stereocenters. The predicted octanol–water partition coefficient (Wildman–Crippen LogP) is 6.45. The van der Waals surface area contributed by atoms with Gasteiger partial charge in [-0.2, -0.15) is 0 Å². The van der Waals surface area contributed by atoms with Gasteiger partial charge in [-0.3, -0.25) is 10.0 Å². The van der Waals surface area contributed by atoms with Gasteiger partial charge >= 0.3 is 24.0 Å². The van der Waals surface area contributed by atoms with E-state index in [0.29, 0.717) is 74.6 Å². The van der Waals surface area contributed by atoms with Crippen LogP contribution in [0, 0.1) is 13.8 Å². The molecule has 69 heavy (non-hydrogen) atoms. The van der Waals surface area contributed by atoms with E-state index >= 15 is 0 Å². The Kier molecular flexibility index (Phi) is 17.8. The molecule has 8 rings (SSSR count). The van der Waals surface area contributed by atoms with E-state index in [1.165, 1.54) is 11.5 Å². The number of aryl methyl sites for hydroxylation is 2. The van der Waals surface area contributed by atoms with Crippen molar-refractivity contribution in [1.82, 2.24) is 35.5 Å². The minimum atomic E-state index is -0.718. The van der Waals surface area contributed by atoms with Gasteiger partial charge in [0.2, 0.25) is 17.6 Å². The van der Waals surface area contributed by atoms with Gasteiger partial charge < -0.3 is 49.4 Å². The molecule has 0 spiro atoms. The molecule has 0 saturated heterocycles. The molecule has 0 saturated carbocycles. The molecule has 0 aliphatic carbocycles. The lowest BCUT2D eigenvalue weighted by Crippen LogP contribution is -2.36. The first-order chi connectivity index (χ1) is 33.1. The summed E-state index contributed by atoms with van der Waals surface area (Å²) in [5.74, 6) is -0.457. The largest absolute Gasteiger partial charge is 0.476 e. The van der Waals surface area contributed by atoms with Crippen molar-refractivity contribution in [2.75, 3.05) is 50.1 Å². The molecule has 5 aromatic rings. The quantitative estimate of drug-likeness (QED) is 0.0669. The van der Waals surface area contributed by atoms with Crippen LogP contribution in [0.1, 0.15) is 87.0 Å². The number of esters is 2. The Balaban J connectivity index is 0.000000174. The summed E-state index contributed by atoms with van der Waals surface area (Å²) in [7, 11) is 0. The maximum absolute atomic E-state index is 12.6. The Morgan fingerprint density at radius 3 is 1.43 bits per heavy atom. The monoisotopic (exact) mass is 947 g/mol. The Morgan fingerprint density at radius 2 is 0.986 bits per heavy atom. The molecule has 5 amide bonds. The van der Waals surface area contributed by atoms with Crippen LogP contribution in [0.5, 0.6) is 17.6 Å². The third-order valence-electron chi connectivity index (χ3n) is 10.2. The molecule has 3 aliphatic heterocycles. The number of fused-ring (bicyclic) bond motifs is 3. The molecular formula is C49H57N9O11. The van der Waals surface area contributed by atoms with Crippen LogP contribution < -0.4 is 35.6 Å². The van der Waals surface area contributed by atoms with Crippen LogP contribution in [-0.4, -0.2) is 112 Å². The number of pyridine rings is 3. The summed E-state index contributed by atoms with van der Waals surface area (Å²) in [6, 6.07) is 24.7. The number of hydrogen-bond donors (Lipinski definition) is 5. The highest BCUT2D eigenvalue weighted by Crippen LogP contribution is 2.25. The number of carbonyl (C=O) groups is 5. The van der Waals surface area contributed by atoms with E-state index in [1.807, 2.05) is 82.3 Å². The molecule has 0 unspecified atom stereocenters. The number of aromatic nitrogens is 3. The Morgan fingerprint density at radius 1 is 0.580 bits per heavy atom. The summed E-state index contributed by atoms with van der Waals surface area (Å²) >= 11 is 0. The standard InChI is InChI=1S/C20H23N3O4.C17H18N4O4.C12H16N2O3/c1-13(2)27-19(24)17-9-6-15-12-23(10-11-26-18(15)22-17)20(25)21-16-7-4-14(3)5-8-16;1-11-2-5-13(6-3-11)18-17(23)21-8-9-25-16-12(10-21)4-7-14(19-16)15(22)20-24;1-8(2)17-12(15)10-4-3-9-7-13-5-6-16-11(9)14-10/h4-9,13H,10-12H2,1-3H3,(H,21,25);2-7,24H,8-10H2,1H3,(H,18,23)(H,20,22);3-4,8,13H,5-7H2,1-2H3. The number of ether oxygens (including phenoxy) is 5. The topological polar surface area (TPSA) is 245 Å². The highest BCUT2D eigenvalue weighted by atomic mass is 16.5. The van der Waals surface area contributed by atoms with Crippen molar-refractivity contribution in [1.29, 1.82) is 0 Å². The summed E-state index contributed by atoms with van der Waals surface area (Å²) in [6.07, 6.45) is -0.370. The number of benzene rings is 2. The molecule has 364 valence electrons. The van der Waals surface area contributed by atoms with Crippen LogP contribution in [-0.2, 0) is 29.1 Å². The van der Waals surface area contributed by atoms with Crippen molar-refractivity contribution in [3.05, 3.63) is 130 Å². The normalized spacial score (nSPS) is 13.7. The summed E-state index contributed by atoms with van der Waals surface area (Å²) in [4.78, 5) is 76.0. The number of nitrogens with zero attached hydrogens (tertiary/aromatic N) is 5. The average Bonchev–Trinajstić information content (AvgIpc) is 3.81. The van der Waals surface area contributed by atoms with Crippen molar-refractivity contribution < 1.29 is 52.9 Å². The minimum Gasteiger partial charge on any atom is -0.476 e. The summed E-state index contributed by atoms with van der Waals surface area (Å²) in [6.45, 7) is 15.2. The van der Waals surface area contributed by atoms with Gasteiger partial charge in [0.25, 0.3) is 5.91 Å². The van der Waals surface area contributed by atoms with Crippen molar-refractivity contribution in [3.8, 4) is 17.6 Å². The van der Waals surface area contributed by atoms with Crippen molar-refractivity contribution in [2.24, 2.45) is 0 Å². The highest BCUT2D eigenvalue weighted by Gasteiger charge is 2.25. The summed E-state index contributed by atoms with van der Waals surface area (Å²) in [5, 5.41) is 17.6. The number of nitrogens with one attached hydrogen (secondary N) is 4. The second kappa shape index (κ2) is 24.3. The zero-order valence-corrected chi connectivity index (χ0v) is 39.4. The average molecular weight is 948 g/mol. The van der Waals surface area contributed by atoms with Crippen molar-refractivity contribution in [2.45, 2.75) is 73.4 Å². The molecular weight excluding hydrogens is 891 g/mol. The minimum absolute atomic E-state index is 0.0406. The van der Waals surface area contributed by atoms with Crippen LogP contribution >= 0.6 is 0 Å². The second-order valence-corrected chi connectivity index (χ2v) is 16.5. The van der Waals surface area contributed by atoms with E-state index in [1.54, 1.807) is 47.9 Å². The first kappa shape index (κ1) is 50.6. The number of amides is 5. The zero-order chi connectivity index (χ0) is 49.5. The van der Waals surface area contributed by atoms with Gasteiger partial charge in [0.1, 0.15) is 25.5 Å². The molecule has 3 aliphatic rings. The lowest BCUT2D eigenvalue weighted by atomic mass is 10.2. The van der Waals surface area contributed by atoms with Gasteiger partial charge in [-0.1, -0.05) is 35.4 Å². The zero-order valence-electron chi connectivity index (χ0n) is 39.4. The van der Waals surface area contributed by atoms with Gasteiger partial charge in [-0.05, 0) is 102 Å². The summed E-state index contributed by atoms with van der Waals surface area (Å²) in [5.41, 5.74) is 8.14. The molecule has 0 bridgehead atoms. The smallest absolute Gasteiger partial charge is 0.357 e. The SMILES string of the molecule is CC(C)OC(=O)c1ccc2c(n1)OCCNC2.Cc1ccc(NC(=O)N2CCOc3nc(C(=O)NO)ccc3C2)cc1.Cc1ccc(NC(=O)N2CCOc3nc(C(=O)OC(C)C)ccc3C2)cc1. The van der Waals surface area contributed by atoms with E-state index in [0.717, 1.165) is 34.5 Å². The predicted molar refractivity (Wildman–Crippen MR) is 252 cm³/mol. The molecule has 0 radical (unpaired) electrons. The Hall–Kier alpha value is -7.84. The van der Waals surface area contributed by atoms with E-state index in [4.69, 9.17) is 28.9 Å². The second-order valence-electron chi connectivity index (χ2n) is 16.5. The van der Waals surface area contributed by atoms with E-state index in [9.17, 15) is 24.0 Å². The first-order valence-corrected chi connectivity index (χ1v) is 22.4. The van der Waals surface area contributed by atoms with Gasteiger partial charge in [0.15, 0.2) is 11.4 Å². The molecule has 5 N–H and O–H groups in total. The fourth-order valence-electron chi connectivity index (χ4n) is 6.66. The van der Waals surface area contributed by atoms with Crippen LogP contribution in [0.3, 0.4) is 0 Å². The molecule has 20 nitrogen and oxygen atoms in total. The third kappa shape index (κ3) is 14.8. The lowest BCUT2D eigenvalue weighted by Gasteiger charge is -2.20. The molecule has 0 fully saturated rings. The summed E-state index contributed by atoms with van der Waals surface area (Å²) < 4.78 is 26.9. The van der Waals surface area contributed by atoms with Gasteiger partial charge in [-0.25, -0.2) is 39.6 Å². The highest BCUT2D eigenvalue weighted by molar-refractivity contribution is 5.92. The molecule has 20 heteroatoms. The Labute approximate surface area is 399 Å². The fourth-order valence-corrected chi connectivity index (χ4v) is 6.66. The number of rotatable bonds is 7. The van der Waals surface area contributed by atoms with Crippen molar-refractivity contribution in [3.63, 3.8) is 0 Å². The van der Waals surface area contributed by atoms with Crippen molar-refractivity contribution >= 4 is 41.3 Å². The van der Waals surface area contributed by atoms with E-state index < -0.39 is 17.8 Å². The molecule has 2 aromatic carbocycles. The van der Waals surface area contributed by atoms with Gasteiger partial charge in [0, 0.05) is 41.2 Å². The van der Waals surface area contributed by atoms with E-state index in [2.05, 4.69) is 30.9 Å². The van der Waals surface area contributed by atoms with Gasteiger partial charge in [0.05, 0.1) is 38.4 Å². The number of carbonyl (C=O) groups excluding carboxylic acids is 5. The number of anilines is 2. The first-order valence-electron chi connectivity index (χ1n) is 22.4. The number of hydrogen-bond acceptors (Lipinski definition) is 15. The third-order valence-corrected chi connectivity index (χ3v) is 10.2. The van der Waals surface area contributed by atoms with Crippen LogP contribution in [0.2, 0.25) is 0 Å². The van der Waals surface area contributed by atoms with Gasteiger partial charge in [-0.15, -0.1) is 0 Å². The van der Waals surface area contributed by atoms with Crippen LogP contribution in [0.4, 0.5) is 21.0 Å².